The van der Waals surface area contributed by atoms with Crippen LogP contribution in [0.25, 0.3) is 6.08 Å². The lowest BCUT2D eigenvalue weighted by molar-refractivity contribution is -0.131. The van der Waals surface area contributed by atoms with Gasteiger partial charge in [0.25, 0.3) is 5.91 Å². The molecule has 1 heterocycles. The summed E-state index contributed by atoms with van der Waals surface area (Å²) in [6.07, 6.45) is 4.32. The van der Waals surface area contributed by atoms with E-state index >= 15 is 0 Å². The molecule has 0 bridgehead atoms. The monoisotopic (exact) mass is 294 g/mol. The Morgan fingerprint density at radius 1 is 1.40 bits per heavy atom. The van der Waals surface area contributed by atoms with Gasteiger partial charge in [0.05, 0.1) is 11.4 Å². The van der Waals surface area contributed by atoms with Gasteiger partial charge in [-0.15, -0.1) is 11.3 Å². The first-order chi connectivity index (χ1) is 9.56. The summed E-state index contributed by atoms with van der Waals surface area (Å²) in [5, 5.41) is 15.6. The quantitative estimate of drug-likeness (QED) is 0.678. The Hall–Kier alpha value is -2.15. The van der Waals surface area contributed by atoms with Crippen molar-refractivity contribution in [3.8, 4) is 0 Å². The number of hydrogen-bond acceptors (Lipinski definition) is 4. The van der Waals surface area contributed by atoms with Crippen LogP contribution in [0.4, 0.5) is 0 Å². The Balaban J connectivity index is 1.89. The van der Waals surface area contributed by atoms with Crippen molar-refractivity contribution >= 4 is 35.2 Å². The lowest BCUT2D eigenvalue weighted by atomic mass is 10.2. The van der Waals surface area contributed by atoms with E-state index in [-0.39, 0.29) is 24.4 Å². The normalized spacial score (nSPS) is 14.2. The van der Waals surface area contributed by atoms with Gasteiger partial charge in [-0.3, -0.25) is 9.59 Å². The molecule has 0 aliphatic heterocycles. The van der Waals surface area contributed by atoms with Gasteiger partial charge in [-0.1, -0.05) is 0 Å². The fourth-order valence-electron chi connectivity index (χ4n) is 1.54. The van der Waals surface area contributed by atoms with Crippen molar-refractivity contribution in [1.29, 1.82) is 0 Å². The second kappa shape index (κ2) is 6.33. The third kappa shape index (κ3) is 4.20. The molecule has 0 radical (unpaired) electrons. The van der Waals surface area contributed by atoms with Crippen LogP contribution in [-0.4, -0.2) is 35.5 Å². The van der Waals surface area contributed by atoms with Crippen molar-refractivity contribution in [2.75, 3.05) is 6.54 Å². The SMILES string of the molecule is O=C(O)C=Cc1ccsc1C(=O)NCC(=O)NC1CC1. The van der Waals surface area contributed by atoms with E-state index in [2.05, 4.69) is 10.6 Å². The molecule has 2 amide bonds. The standard InChI is InChI=1S/C13H14N2O4S/c16-10(15-9-2-3-9)7-14-13(19)12-8(5-6-20-12)1-4-11(17)18/h1,4-6,9H,2-3,7H2,(H,14,19)(H,15,16)(H,17,18). The first-order valence-electron chi connectivity index (χ1n) is 6.12. The third-order valence-corrected chi connectivity index (χ3v) is 3.59. The molecule has 1 aliphatic carbocycles. The largest absolute Gasteiger partial charge is 0.478 e. The fraction of sp³-hybridized carbons (Fsp3) is 0.308. The zero-order valence-corrected chi connectivity index (χ0v) is 11.4. The van der Waals surface area contributed by atoms with Crippen LogP contribution in [0.5, 0.6) is 0 Å². The first kappa shape index (κ1) is 14.3. The fourth-order valence-corrected chi connectivity index (χ4v) is 2.35. The summed E-state index contributed by atoms with van der Waals surface area (Å²) in [5.41, 5.74) is 0.525. The lowest BCUT2D eigenvalue weighted by Crippen LogP contribution is -2.37. The second-order valence-electron chi connectivity index (χ2n) is 4.40. The van der Waals surface area contributed by atoms with Crippen LogP contribution in [0.1, 0.15) is 28.1 Å². The van der Waals surface area contributed by atoms with Gasteiger partial charge >= 0.3 is 5.97 Å². The van der Waals surface area contributed by atoms with E-state index in [1.807, 2.05) is 0 Å². The van der Waals surface area contributed by atoms with E-state index in [9.17, 15) is 14.4 Å². The van der Waals surface area contributed by atoms with Gasteiger partial charge in [-0.2, -0.15) is 0 Å². The summed E-state index contributed by atoms with van der Waals surface area (Å²) in [6, 6.07) is 1.92. The Labute approximate surface area is 119 Å². The van der Waals surface area contributed by atoms with Crippen LogP contribution in [-0.2, 0) is 9.59 Å². The Kier molecular flexibility index (Phi) is 4.52. The minimum Gasteiger partial charge on any atom is -0.478 e. The van der Waals surface area contributed by atoms with Crippen LogP contribution >= 0.6 is 11.3 Å². The number of carbonyl (C=O) groups excluding carboxylic acids is 2. The molecule has 1 fully saturated rings. The molecule has 2 rings (SSSR count). The Morgan fingerprint density at radius 3 is 2.80 bits per heavy atom. The highest BCUT2D eigenvalue weighted by Gasteiger charge is 2.23. The minimum atomic E-state index is -1.08. The molecular formula is C13H14N2O4S. The summed E-state index contributed by atoms with van der Waals surface area (Å²) in [5.74, 6) is -1.66. The van der Waals surface area contributed by atoms with Crippen molar-refractivity contribution in [2.24, 2.45) is 0 Å². The summed E-state index contributed by atoms with van der Waals surface area (Å²) >= 11 is 1.20. The second-order valence-corrected chi connectivity index (χ2v) is 5.32. The molecule has 1 saturated carbocycles. The lowest BCUT2D eigenvalue weighted by Gasteiger charge is -2.05. The van der Waals surface area contributed by atoms with Gasteiger partial charge < -0.3 is 15.7 Å². The minimum absolute atomic E-state index is 0.0741. The van der Waals surface area contributed by atoms with Crippen molar-refractivity contribution in [2.45, 2.75) is 18.9 Å². The van der Waals surface area contributed by atoms with E-state index in [0.717, 1.165) is 18.9 Å². The van der Waals surface area contributed by atoms with Gasteiger partial charge in [-0.05, 0) is 35.9 Å². The highest BCUT2D eigenvalue weighted by Crippen LogP contribution is 2.19. The van der Waals surface area contributed by atoms with E-state index in [4.69, 9.17) is 5.11 Å². The van der Waals surface area contributed by atoms with Crippen molar-refractivity contribution in [1.82, 2.24) is 10.6 Å². The number of carboxylic acids is 1. The van der Waals surface area contributed by atoms with E-state index in [0.29, 0.717) is 10.4 Å². The molecule has 20 heavy (non-hydrogen) atoms. The average molecular weight is 294 g/mol. The van der Waals surface area contributed by atoms with Gasteiger partial charge in [-0.25, -0.2) is 4.79 Å². The van der Waals surface area contributed by atoms with Crippen molar-refractivity contribution in [3.05, 3.63) is 28.0 Å². The van der Waals surface area contributed by atoms with Crippen LogP contribution in [0.2, 0.25) is 0 Å². The van der Waals surface area contributed by atoms with Crippen molar-refractivity contribution in [3.63, 3.8) is 0 Å². The molecule has 0 unspecified atom stereocenters. The highest BCUT2D eigenvalue weighted by atomic mass is 32.1. The van der Waals surface area contributed by atoms with Crippen LogP contribution in [0.3, 0.4) is 0 Å². The van der Waals surface area contributed by atoms with Gasteiger partial charge in [0, 0.05) is 12.1 Å². The van der Waals surface area contributed by atoms with Gasteiger partial charge in [0.2, 0.25) is 5.91 Å². The third-order valence-electron chi connectivity index (χ3n) is 2.66. The number of hydrogen-bond donors (Lipinski definition) is 3. The van der Waals surface area contributed by atoms with Crippen molar-refractivity contribution < 1.29 is 19.5 Å². The number of amides is 2. The molecule has 3 N–H and O–H groups in total. The average Bonchev–Trinajstić information content (AvgIpc) is 3.07. The van der Waals surface area contributed by atoms with E-state index < -0.39 is 5.97 Å². The van der Waals surface area contributed by atoms with Gasteiger partial charge in [0.15, 0.2) is 0 Å². The van der Waals surface area contributed by atoms with Crippen LogP contribution < -0.4 is 10.6 Å². The predicted octanol–water partition coefficient (Wildman–Crippen LogP) is 0.854. The van der Waals surface area contributed by atoms with Crippen LogP contribution in [0.15, 0.2) is 17.5 Å². The maximum atomic E-state index is 11.9. The number of thiophene rings is 1. The maximum Gasteiger partial charge on any atom is 0.328 e. The molecule has 1 aromatic rings. The molecule has 7 heteroatoms. The molecule has 0 saturated heterocycles. The molecule has 0 atom stereocenters. The summed E-state index contributed by atoms with van der Waals surface area (Å²) in [7, 11) is 0. The smallest absolute Gasteiger partial charge is 0.328 e. The zero-order valence-electron chi connectivity index (χ0n) is 10.6. The molecule has 106 valence electrons. The predicted molar refractivity (Wildman–Crippen MR) is 74.5 cm³/mol. The molecule has 0 aromatic carbocycles. The first-order valence-corrected chi connectivity index (χ1v) is 7.00. The summed E-state index contributed by atoms with van der Waals surface area (Å²) < 4.78 is 0. The number of aliphatic carboxylic acids is 1. The van der Waals surface area contributed by atoms with E-state index in [1.54, 1.807) is 11.4 Å². The maximum absolute atomic E-state index is 11.9. The Bertz CT molecular complexity index is 560. The molecule has 1 aromatic heterocycles. The van der Waals surface area contributed by atoms with Gasteiger partial charge in [0.1, 0.15) is 0 Å². The summed E-state index contributed by atoms with van der Waals surface area (Å²) in [6.45, 7) is -0.0741. The Morgan fingerprint density at radius 2 is 2.15 bits per heavy atom. The number of carbonyl (C=O) groups is 3. The molecule has 0 spiro atoms. The van der Waals surface area contributed by atoms with Crippen LogP contribution in [0, 0.1) is 0 Å². The zero-order chi connectivity index (χ0) is 14.5. The highest BCUT2D eigenvalue weighted by molar-refractivity contribution is 7.12. The van der Waals surface area contributed by atoms with E-state index in [1.165, 1.54) is 17.4 Å². The summed E-state index contributed by atoms with van der Waals surface area (Å²) in [4.78, 5) is 34.2. The molecule has 6 nitrogen and oxygen atoms in total. The number of rotatable bonds is 6. The molecule has 1 aliphatic rings. The molecular weight excluding hydrogens is 280 g/mol. The number of nitrogens with one attached hydrogen (secondary N) is 2. The topological polar surface area (TPSA) is 95.5 Å². The number of carboxylic acid groups (broad SMARTS) is 1.